The summed E-state index contributed by atoms with van der Waals surface area (Å²) < 4.78 is 0. The first-order chi connectivity index (χ1) is 2.00. The number of hydrogen-bond acceptors (Lipinski definition) is 0. The third-order valence-electron chi connectivity index (χ3n) is 1.000. The standard InChI is InChI=1S/C3H8Si/c1-2-4-3-1/h1-4H2. The molecule has 1 rings (SSSR count). The van der Waals surface area contributed by atoms with Crippen molar-refractivity contribution in [3.8, 4) is 0 Å². The lowest BCUT2D eigenvalue weighted by Crippen LogP contribution is -1.98. The van der Waals surface area contributed by atoms with Crippen LogP contribution in [-0.2, 0) is 0 Å². The molecule has 0 aromatic heterocycles. The van der Waals surface area contributed by atoms with Crippen molar-refractivity contribution in [2.75, 3.05) is 0 Å². The number of hydrogen-bond donors (Lipinski definition) is 0. The molecule has 1 fully saturated rings. The smallest absolute Gasteiger partial charge is 0.0197 e. The van der Waals surface area contributed by atoms with E-state index in [1.54, 1.807) is 18.5 Å². The second-order valence-electron chi connectivity index (χ2n) is 1.41. The Bertz CT molecular complexity index is 11.2. The fourth-order valence-corrected chi connectivity index (χ4v) is 0.750. The van der Waals surface area contributed by atoms with Crippen LogP contribution in [0.3, 0.4) is 0 Å². The Labute approximate surface area is 29.0 Å². The minimum atomic E-state index is 0.605. The van der Waals surface area contributed by atoms with Crippen LogP contribution < -0.4 is 0 Å². The van der Waals surface area contributed by atoms with E-state index < -0.39 is 0 Å². The van der Waals surface area contributed by atoms with Gasteiger partial charge in [0.25, 0.3) is 0 Å². The molecule has 0 saturated carbocycles. The van der Waals surface area contributed by atoms with Crippen molar-refractivity contribution in [1.82, 2.24) is 0 Å². The molecule has 0 N–H and O–H groups in total. The molecule has 1 heteroatoms. The summed E-state index contributed by atoms with van der Waals surface area (Å²) in [5.41, 5.74) is 0. The van der Waals surface area contributed by atoms with Gasteiger partial charge >= 0.3 is 0 Å². The molecular weight excluding hydrogens is 64.1 g/mol. The molecule has 1 aliphatic heterocycles. The van der Waals surface area contributed by atoms with Crippen molar-refractivity contribution in [2.45, 2.75) is 18.5 Å². The number of rotatable bonds is 0. The van der Waals surface area contributed by atoms with E-state index in [9.17, 15) is 0 Å². The zero-order valence-electron chi connectivity index (χ0n) is 2.83. The van der Waals surface area contributed by atoms with E-state index in [1.165, 1.54) is 0 Å². The Kier molecular flexibility index (Phi) is 0.545. The lowest BCUT2D eigenvalue weighted by atomic mass is 10.5. The average molecular weight is 72.2 g/mol. The fraction of sp³-hybridized carbons (Fsp3) is 1.00. The predicted molar refractivity (Wildman–Crippen MR) is 22.8 cm³/mol. The summed E-state index contributed by atoms with van der Waals surface area (Å²) in [7, 11) is 0.605. The van der Waals surface area contributed by atoms with Crippen LogP contribution in [0.1, 0.15) is 6.42 Å². The first-order valence-corrected chi connectivity index (χ1v) is 4.00. The highest BCUT2D eigenvalue weighted by molar-refractivity contribution is 6.38. The maximum absolute atomic E-state index is 1.64. The van der Waals surface area contributed by atoms with Gasteiger partial charge in [0.1, 0.15) is 0 Å². The summed E-state index contributed by atoms with van der Waals surface area (Å²) in [5, 5.41) is 0. The lowest BCUT2D eigenvalue weighted by Gasteiger charge is -2.04. The zero-order valence-corrected chi connectivity index (χ0v) is 4.24. The van der Waals surface area contributed by atoms with Crippen molar-refractivity contribution in [3.05, 3.63) is 0 Å². The molecule has 24 valence electrons. The van der Waals surface area contributed by atoms with Gasteiger partial charge in [0, 0.05) is 9.52 Å². The van der Waals surface area contributed by atoms with Gasteiger partial charge in [-0.05, 0) is 0 Å². The van der Waals surface area contributed by atoms with E-state index in [0.717, 1.165) is 0 Å². The first-order valence-electron chi connectivity index (χ1n) is 2.00. The van der Waals surface area contributed by atoms with Gasteiger partial charge in [-0.2, -0.15) is 0 Å². The van der Waals surface area contributed by atoms with Crippen LogP contribution in [0.4, 0.5) is 0 Å². The van der Waals surface area contributed by atoms with Gasteiger partial charge in [-0.1, -0.05) is 18.5 Å². The maximum atomic E-state index is 1.64. The summed E-state index contributed by atoms with van der Waals surface area (Å²) in [6, 6.07) is 3.28. The molecule has 4 heavy (non-hydrogen) atoms. The van der Waals surface area contributed by atoms with Gasteiger partial charge in [-0.3, -0.25) is 0 Å². The Balaban J connectivity index is 2.00. The molecule has 0 unspecified atom stereocenters. The van der Waals surface area contributed by atoms with E-state index in [4.69, 9.17) is 0 Å². The molecule has 1 aliphatic rings. The predicted octanol–water partition coefficient (Wildman–Crippen LogP) is 0.395. The Morgan fingerprint density at radius 3 is 1.50 bits per heavy atom. The van der Waals surface area contributed by atoms with E-state index in [0.29, 0.717) is 9.52 Å². The molecule has 0 radical (unpaired) electrons. The molecule has 0 atom stereocenters. The summed E-state index contributed by atoms with van der Waals surface area (Å²) in [6.07, 6.45) is 1.56. The molecule has 1 saturated heterocycles. The summed E-state index contributed by atoms with van der Waals surface area (Å²) in [5.74, 6) is 0. The molecule has 1 heterocycles. The summed E-state index contributed by atoms with van der Waals surface area (Å²) >= 11 is 0. The van der Waals surface area contributed by atoms with Gasteiger partial charge < -0.3 is 0 Å². The first kappa shape index (κ1) is 2.45. The van der Waals surface area contributed by atoms with Crippen molar-refractivity contribution in [1.29, 1.82) is 0 Å². The zero-order chi connectivity index (χ0) is 2.83. The normalized spacial score (nSPS) is 24.0. The third kappa shape index (κ3) is 0.185. The van der Waals surface area contributed by atoms with Crippen LogP contribution >= 0.6 is 0 Å². The molecule has 0 bridgehead atoms. The lowest BCUT2D eigenvalue weighted by molar-refractivity contribution is 0.971. The van der Waals surface area contributed by atoms with Crippen LogP contribution in [0.5, 0.6) is 0 Å². The topological polar surface area (TPSA) is 0 Å². The molecule has 0 nitrogen and oxygen atoms in total. The van der Waals surface area contributed by atoms with Gasteiger partial charge in [-0.15, -0.1) is 0 Å². The monoisotopic (exact) mass is 72.0 g/mol. The van der Waals surface area contributed by atoms with Crippen LogP contribution in [-0.4, -0.2) is 9.52 Å². The molecular formula is C3H8Si. The molecule has 0 aromatic rings. The minimum absolute atomic E-state index is 0.605. The van der Waals surface area contributed by atoms with Crippen LogP contribution in [0.15, 0.2) is 0 Å². The second kappa shape index (κ2) is 0.889. The van der Waals surface area contributed by atoms with Crippen molar-refractivity contribution in [2.24, 2.45) is 0 Å². The molecule has 0 spiro atoms. The van der Waals surface area contributed by atoms with Crippen molar-refractivity contribution < 1.29 is 0 Å². The van der Waals surface area contributed by atoms with E-state index in [2.05, 4.69) is 0 Å². The molecule has 0 aromatic carbocycles. The van der Waals surface area contributed by atoms with E-state index in [1.807, 2.05) is 0 Å². The Morgan fingerprint density at radius 2 is 1.50 bits per heavy atom. The van der Waals surface area contributed by atoms with Crippen molar-refractivity contribution >= 4 is 9.52 Å². The summed E-state index contributed by atoms with van der Waals surface area (Å²) in [4.78, 5) is 0. The maximum Gasteiger partial charge on any atom is 0.0197 e. The molecule has 0 aliphatic carbocycles. The Hall–Kier alpha value is 0.217. The third-order valence-corrected chi connectivity index (χ3v) is 3.00. The highest BCUT2D eigenvalue weighted by Gasteiger charge is 1.96. The molecule has 0 amide bonds. The Morgan fingerprint density at radius 1 is 1.25 bits per heavy atom. The van der Waals surface area contributed by atoms with Crippen LogP contribution in [0, 0.1) is 0 Å². The second-order valence-corrected chi connectivity index (χ2v) is 3.54. The van der Waals surface area contributed by atoms with Gasteiger partial charge in [0.15, 0.2) is 0 Å². The van der Waals surface area contributed by atoms with Crippen molar-refractivity contribution in [3.63, 3.8) is 0 Å². The quantitative estimate of drug-likeness (QED) is 0.363. The minimum Gasteiger partial charge on any atom is -0.0631 e. The van der Waals surface area contributed by atoms with E-state index in [-0.39, 0.29) is 0 Å². The van der Waals surface area contributed by atoms with Gasteiger partial charge in [-0.25, -0.2) is 0 Å². The summed E-state index contributed by atoms with van der Waals surface area (Å²) in [6.45, 7) is 0. The average Bonchev–Trinajstić information content (AvgIpc) is 0.722. The fourth-order valence-electron chi connectivity index (χ4n) is 0.250. The largest absolute Gasteiger partial charge is 0.0631 e. The van der Waals surface area contributed by atoms with Gasteiger partial charge in [0.2, 0.25) is 0 Å². The highest BCUT2D eigenvalue weighted by atomic mass is 28.2. The van der Waals surface area contributed by atoms with Gasteiger partial charge in [0.05, 0.1) is 0 Å². The van der Waals surface area contributed by atoms with Crippen LogP contribution in [0.25, 0.3) is 0 Å². The highest BCUT2D eigenvalue weighted by Crippen LogP contribution is 2.07. The SMILES string of the molecule is C1C[SiH2]C1. The van der Waals surface area contributed by atoms with Crippen LogP contribution in [0.2, 0.25) is 12.1 Å². The van der Waals surface area contributed by atoms with E-state index >= 15 is 0 Å².